The van der Waals surface area contributed by atoms with E-state index in [1.54, 1.807) is 6.33 Å². The molecule has 0 aromatic carbocycles. The number of likely N-dealkylation sites (tertiary alicyclic amines) is 1. The maximum atomic E-state index is 12.7. The fourth-order valence-electron chi connectivity index (χ4n) is 4.47. The summed E-state index contributed by atoms with van der Waals surface area (Å²) in [4.78, 5) is 41.9. The number of aromatic nitrogens is 2. The quantitative estimate of drug-likeness (QED) is 0.562. The molecule has 10 nitrogen and oxygen atoms in total. The first-order valence-corrected chi connectivity index (χ1v) is 10.3. The van der Waals surface area contributed by atoms with Crippen molar-refractivity contribution in [3.05, 3.63) is 18.2 Å². The van der Waals surface area contributed by atoms with Crippen LogP contribution in [0.2, 0.25) is 0 Å². The molecule has 3 amide bonds. The Morgan fingerprint density at radius 3 is 2.44 bits per heavy atom. The molecule has 3 aliphatic rings. The van der Waals surface area contributed by atoms with Crippen molar-refractivity contribution >= 4 is 17.9 Å². The predicted octanol–water partition coefficient (Wildman–Crippen LogP) is 0.645. The molecule has 32 heavy (non-hydrogen) atoms. The first kappa shape index (κ1) is 24.0. The first-order chi connectivity index (χ1) is 14.9. The van der Waals surface area contributed by atoms with Crippen LogP contribution in [0.1, 0.15) is 37.3 Å². The number of halogens is 3. The van der Waals surface area contributed by atoms with Crippen molar-refractivity contribution in [3.63, 3.8) is 0 Å². The van der Waals surface area contributed by atoms with Gasteiger partial charge in [-0.1, -0.05) is 12.8 Å². The molecule has 2 saturated heterocycles. The van der Waals surface area contributed by atoms with Crippen molar-refractivity contribution in [1.29, 1.82) is 0 Å². The fourth-order valence-corrected chi connectivity index (χ4v) is 4.47. The van der Waals surface area contributed by atoms with Gasteiger partial charge >= 0.3 is 18.2 Å². The second kappa shape index (κ2) is 9.06. The Balaban J connectivity index is 0.000000360. The molecule has 13 heteroatoms. The van der Waals surface area contributed by atoms with Crippen molar-refractivity contribution in [2.24, 2.45) is 12.8 Å². The summed E-state index contributed by atoms with van der Waals surface area (Å²) >= 11 is 0. The van der Waals surface area contributed by atoms with Crippen molar-refractivity contribution in [2.45, 2.75) is 49.4 Å². The number of aryl methyl sites for hydroxylation is 1. The Kier molecular flexibility index (Phi) is 6.79. The van der Waals surface area contributed by atoms with Gasteiger partial charge in [0, 0.05) is 51.4 Å². The van der Waals surface area contributed by atoms with Crippen LogP contribution in [0.4, 0.5) is 18.0 Å². The zero-order chi connectivity index (χ0) is 23.7. The van der Waals surface area contributed by atoms with E-state index in [0.717, 1.165) is 44.5 Å². The van der Waals surface area contributed by atoms with Gasteiger partial charge in [0.25, 0.3) is 5.91 Å². The number of imide groups is 1. The molecular formula is C19H27F3N6O4. The van der Waals surface area contributed by atoms with E-state index >= 15 is 0 Å². The molecule has 3 heterocycles. The number of nitrogens with two attached hydrogens (primary N) is 1. The summed E-state index contributed by atoms with van der Waals surface area (Å²) in [6, 6.07) is -0.212. The molecule has 1 spiro atoms. The number of hydrogen-bond acceptors (Lipinski definition) is 6. The minimum Gasteiger partial charge on any atom is -0.475 e. The van der Waals surface area contributed by atoms with Crippen molar-refractivity contribution in [3.8, 4) is 0 Å². The number of carbonyl (C=O) groups is 3. The lowest BCUT2D eigenvalue weighted by molar-refractivity contribution is -0.192. The molecule has 1 aromatic rings. The van der Waals surface area contributed by atoms with Gasteiger partial charge < -0.3 is 20.7 Å². The monoisotopic (exact) mass is 460 g/mol. The van der Waals surface area contributed by atoms with E-state index in [-0.39, 0.29) is 23.9 Å². The highest BCUT2D eigenvalue weighted by Crippen LogP contribution is 2.35. The third-order valence-electron chi connectivity index (χ3n) is 6.13. The van der Waals surface area contributed by atoms with Gasteiger partial charge in [0.15, 0.2) is 0 Å². The first-order valence-electron chi connectivity index (χ1n) is 10.3. The van der Waals surface area contributed by atoms with Crippen LogP contribution in [0, 0.1) is 0 Å². The number of amides is 3. The van der Waals surface area contributed by atoms with E-state index in [0.29, 0.717) is 13.1 Å². The summed E-state index contributed by atoms with van der Waals surface area (Å²) in [5.74, 6) is -2.60. The predicted molar refractivity (Wildman–Crippen MR) is 105 cm³/mol. The highest BCUT2D eigenvalue weighted by Gasteiger charge is 2.52. The fraction of sp³-hybridized carbons (Fsp3) is 0.684. The van der Waals surface area contributed by atoms with E-state index in [1.165, 1.54) is 4.90 Å². The standard InChI is InChI=1S/C17H26N6O2.C2HF3O2/c1-21-10-14(19-11-21)12-8-22(9-13(12)18)6-7-23-15(24)17(20-16(23)25)4-2-3-5-17;3-2(4,5)1(6)7/h10-13H,2-9,18H2,1H3,(H,20,25);(H,6,7)/t12-,13-;/m1./s1. The number of hydrogen-bond donors (Lipinski definition) is 3. The SMILES string of the molecule is Cn1cnc([C@@H]2CN(CCN3C(=O)NC4(CCCC4)C3=O)C[C@H]2N)c1.O=C(O)C(F)(F)F. The van der Waals surface area contributed by atoms with Gasteiger partial charge in [-0.15, -0.1) is 0 Å². The highest BCUT2D eigenvalue weighted by atomic mass is 19.4. The minimum atomic E-state index is -5.08. The Morgan fingerprint density at radius 1 is 1.28 bits per heavy atom. The van der Waals surface area contributed by atoms with Gasteiger partial charge in [0.1, 0.15) is 5.54 Å². The maximum absolute atomic E-state index is 12.7. The largest absolute Gasteiger partial charge is 0.490 e. The molecule has 0 radical (unpaired) electrons. The van der Waals surface area contributed by atoms with E-state index in [9.17, 15) is 22.8 Å². The minimum absolute atomic E-state index is 0.0270. The zero-order valence-corrected chi connectivity index (χ0v) is 17.6. The van der Waals surface area contributed by atoms with Gasteiger partial charge in [0.2, 0.25) is 0 Å². The van der Waals surface area contributed by atoms with E-state index in [4.69, 9.17) is 15.6 Å². The number of urea groups is 1. The van der Waals surface area contributed by atoms with Crippen LogP contribution in [0.3, 0.4) is 0 Å². The summed E-state index contributed by atoms with van der Waals surface area (Å²) in [5, 5.41) is 10.1. The normalized spacial score (nSPS) is 25.2. The number of carbonyl (C=O) groups excluding carboxylic acids is 2. The molecule has 1 aliphatic carbocycles. The molecule has 2 atom stereocenters. The van der Waals surface area contributed by atoms with Crippen molar-refractivity contribution in [1.82, 2.24) is 24.7 Å². The molecule has 1 aromatic heterocycles. The molecule has 0 unspecified atom stereocenters. The number of rotatable bonds is 4. The summed E-state index contributed by atoms with van der Waals surface area (Å²) in [7, 11) is 1.95. The van der Waals surface area contributed by atoms with Crippen LogP contribution >= 0.6 is 0 Å². The van der Waals surface area contributed by atoms with Gasteiger partial charge in [-0.3, -0.25) is 14.6 Å². The number of imidazole rings is 1. The van der Waals surface area contributed by atoms with Crippen molar-refractivity contribution in [2.75, 3.05) is 26.2 Å². The Morgan fingerprint density at radius 2 is 1.91 bits per heavy atom. The second-order valence-corrected chi connectivity index (χ2v) is 8.47. The van der Waals surface area contributed by atoms with Crippen LogP contribution in [0.15, 0.2) is 12.5 Å². The third-order valence-corrected chi connectivity index (χ3v) is 6.13. The van der Waals surface area contributed by atoms with Crippen LogP contribution in [-0.4, -0.2) is 86.3 Å². The average Bonchev–Trinajstić information content (AvgIpc) is 3.45. The van der Waals surface area contributed by atoms with Gasteiger partial charge in [-0.2, -0.15) is 13.2 Å². The van der Waals surface area contributed by atoms with Crippen LogP contribution < -0.4 is 11.1 Å². The number of aliphatic carboxylic acids is 1. The van der Waals surface area contributed by atoms with Crippen LogP contribution in [0.5, 0.6) is 0 Å². The van der Waals surface area contributed by atoms with Crippen molar-refractivity contribution < 1.29 is 32.7 Å². The third kappa shape index (κ3) is 5.04. The molecule has 0 bridgehead atoms. The maximum Gasteiger partial charge on any atom is 0.490 e. The smallest absolute Gasteiger partial charge is 0.475 e. The number of nitrogens with one attached hydrogen (secondary N) is 1. The summed E-state index contributed by atoms with van der Waals surface area (Å²) in [5.41, 5.74) is 6.69. The molecule has 4 N–H and O–H groups in total. The van der Waals surface area contributed by atoms with Gasteiger partial charge in [-0.05, 0) is 12.8 Å². The van der Waals surface area contributed by atoms with Gasteiger partial charge in [-0.25, -0.2) is 14.6 Å². The zero-order valence-electron chi connectivity index (χ0n) is 17.6. The topological polar surface area (TPSA) is 134 Å². The van der Waals surface area contributed by atoms with E-state index in [1.807, 2.05) is 17.8 Å². The highest BCUT2D eigenvalue weighted by molar-refractivity contribution is 6.07. The number of nitrogens with zero attached hydrogens (tertiary/aromatic N) is 4. The summed E-state index contributed by atoms with van der Waals surface area (Å²) < 4.78 is 33.7. The number of alkyl halides is 3. The van der Waals surface area contributed by atoms with Crippen LogP contribution in [-0.2, 0) is 16.6 Å². The second-order valence-electron chi connectivity index (χ2n) is 8.47. The summed E-state index contributed by atoms with van der Waals surface area (Å²) in [6.07, 6.45) is 2.27. The summed E-state index contributed by atoms with van der Waals surface area (Å²) in [6.45, 7) is 2.66. The van der Waals surface area contributed by atoms with E-state index < -0.39 is 17.7 Å². The van der Waals surface area contributed by atoms with E-state index in [2.05, 4.69) is 15.2 Å². The molecule has 2 aliphatic heterocycles. The Bertz CT molecular complexity index is 867. The molecule has 4 rings (SSSR count). The molecular weight excluding hydrogens is 433 g/mol. The molecule has 3 fully saturated rings. The number of carboxylic acids is 1. The Labute approximate surface area is 182 Å². The van der Waals surface area contributed by atoms with Crippen LogP contribution in [0.25, 0.3) is 0 Å². The average molecular weight is 460 g/mol. The molecule has 1 saturated carbocycles. The lowest BCUT2D eigenvalue weighted by Crippen LogP contribution is -2.44. The molecule has 178 valence electrons. The lowest BCUT2D eigenvalue weighted by Gasteiger charge is -2.22. The number of carboxylic acid groups (broad SMARTS) is 1. The lowest BCUT2D eigenvalue weighted by atomic mass is 9.98. The van der Waals surface area contributed by atoms with Gasteiger partial charge in [0.05, 0.1) is 12.0 Å². The Hall–Kier alpha value is -2.67.